The van der Waals surface area contributed by atoms with Crippen molar-refractivity contribution in [2.24, 2.45) is 0 Å². The first-order chi connectivity index (χ1) is 38.5. The second-order valence-corrected chi connectivity index (χ2v) is 24.0. The maximum absolute atomic E-state index is 11.2. The lowest BCUT2D eigenvalue weighted by atomic mass is 9.92. The molecule has 0 unspecified atom stereocenters. The van der Waals surface area contributed by atoms with E-state index in [1.54, 1.807) is 0 Å². The third-order valence-electron chi connectivity index (χ3n) is 15.1. The smallest absolute Gasteiger partial charge is 0.0992 e. The van der Waals surface area contributed by atoms with Crippen LogP contribution in [0.1, 0.15) is 16.7 Å². The van der Waals surface area contributed by atoms with Crippen LogP contribution in [0.4, 0.5) is 68.2 Å². The van der Waals surface area contributed by atoms with Gasteiger partial charge in [-0.2, -0.15) is 5.26 Å². The fourth-order valence-electron chi connectivity index (χ4n) is 11.5. The Balaban J connectivity index is 0.994. The zero-order chi connectivity index (χ0) is 52.0. The van der Waals surface area contributed by atoms with E-state index in [1.807, 2.05) is 47.0 Å². The predicted octanol–water partition coefficient (Wildman–Crippen LogP) is 21.2. The van der Waals surface area contributed by atoms with Gasteiger partial charge in [0, 0.05) is 39.2 Å². The SMILES string of the molecule is Cc1c(N2c3ccccc3Sc3ccccc32)cc(-c2cc(C#N)cc(-c3cc(N4c5ccccc5Sc5ccccc54)c(C)c(N4c5ccccc5Sc5ccccc54)c3)c2)cc1N1c2ccccc2Sc2ccccc21. The molecule has 370 valence electrons. The van der Waals surface area contributed by atoms with Crippen LogP contribution in [0.3, 0.4) is 0 Å². The Bertz CT molecular complexity index is 3650. The molecule has 0 saturated heterocycles. The Morgan fingerprint density at radius 2 is 0.449 bits per heavy atom. The van der Waals surface area contributed by atoms with Crippen LogP contribution in [-0.4, -0.2) is 0 Å². The van der Waals surface area contributed by atoms with E-state index in [-0.39, 0.29) is 0 Å². The van der Waals surface area contributed by atoms with Gasteiger partial charge in [0.05, 0.1) is 79.9 Å². The van der Waals surface area contributed by atoms with Crippen molar-refractivity contribution in [1.82, 2.24) is 0 Å². The van der Waals surface area contributed by atoms with Gasteiger partial charge in [0.1, 0.15) is 0 Å². The molecule has 4 heterocycles. The Morgan fingerprint density at radius 3 is 0.654 bits per heavy atom. The number of rotatable bonds is 6. The van der Waals surface area contributed by atoms with Gasteiger partial charge in [-0.3, -0.25) is 0 Å². The van der Waals surface area contributed by atoms with E-state index in [1.165, 1.54) is 39.2 Å². The van der Waals surface area contributed by atoms with E-state index in [4.69, 9.17) is 0 Å². The molecule has 11 aromatic carbocycles. The fourth-order valence-corrected chi connectivity index (χ4v) is 15.7. The van der Waals surface area contributed by atoms with Crippen molar-refractivity contribution < 1.29 is 0 Å². The van der Waals surface area contributed by atoms with Crippen molar-refractivity contribution >= 4 is 115 Å². The molecule has 0 fully saturated rings. The summed E-state index contributed by atoms with van der Waals surface area (Å²) in [6.07, 6.45) is 0. The molecule has 0 amide bonds. The van der Waals surface area contributed by atoms with Gasteiger partial charge >= 0.3 is 0 Å². The summed E-state index contributed by atoms with van der Waals surface area (Å²) < 4.78 is 0. The summed E-state index contributed by atoms with van der Waals surface area (Å²) in [6, 6.07) is 88.4. The van der Waals surface area contributed by atoms with Gasteiger partial charge in [-0.05, 0) is 187 Å². The van der Waals surface area contributed by atoms with Crippen molar-refractivity contribution in [3.05, 3.63) is 253 Å². The average molecular weight is 1070 g/mol. The highest BCUT2D eigenvalue weighted by Crippen LogP contribution is 2.59. The van der Waals surface area contributed by atoms with Gasteiger partial charge in [-0.25, -0.2) is 0 Å². The molecule has 4 aliphatic rings. The summed E-state index contributed by atoms with van der Waals surface area (Å²) in [4.78, 5) is 19.4. The number of para-hydroxylation sites is 8. The number of nitriles is 1. The molecule has 9 heteroatoms. The van der Waals surface area contributed by atoms with E-state index in [2.05, 4.69) is 276 Å². The molecule has 0 saturated carbocycles. The summed E-state index contributed by atoms with van der Waals surface area (Å²) in [5.74, 6) is 0. The van der Waals surface area contributed by atoms with E-state index in [0.717, 1.165) is 102 Å². The van der Waals surface area contributed by atoms with Crippen LogP contribution in [0, 0.1) is 25.2 Å². The summed E-state index contributed by atoms with van der Waals surface area (Å²) in [5, 5.41) is 11.2. The average Bonchev–Trinajstić information content (AvgIpc) is 3.51. The lowest BCUT2D eigenvalue weighted by Gasteiger charge is -2.38. The van der Waals surface area contributed by atoms with Crippen molar-refractivity contribution in [3.8, 4) is 28.3 Å². The van der Waals surface area contributed by atoms with Crippen LogP contribution >= 0.6 is 47.0 Å². The Hall–Kier alpha value is -8.49. The maximum atomic E-state index is 11.2. The van der Waals surface area contributed by atoms with Crippen LogP contribution in [0.2, 0.25) is 0 Å². The Kier molecular flexibility index (Phi) is 11.3. The number of nitrogens with zero attached hydrogens (tertiary/aromatic N) is 5. The first-order valence-electron chi connectivity index (χ1n) is 26.0. The molecule has 4 aliphatic heterocycles. The van der Waals surface area contributed by atoms with Crippen LogP contribution in [0.25, 0.3) is 22.3 Å². The minimum absolute atomic E-state index is 0.583. The molecule has 15 rings (SSSR count). The van der Waals surface area contributed by atoms with E-state index in [0.29, 0.717) is 5.56 Å². The van der Waals surface area contributed by atoms with Crippen molar-refractivity contribution in [2.75, 3.05) is 19.6 Å². The van der Waals surface area contributed by atoms with E-state index >= 15 is 0 Å². The molecule has 0 aromatic heterocycles. The normalized spacial score (nSPS) is 13.4. The zero-order valence-corrected chi connectivity index (χ0v) is 45.7. The van der Waals surface area contributed by atoms with Gasteiger partial charge in [-0.1, -0.05) is 144 Å². The maximum Gasteiger partial charge on any atom is 0.0992 e. The van der Waals surface area contributed by atoms with Gasteiger partial charge < -0.3 is 19.6 Å². The number of hydrogen-bond donors (Lipinski definition) is 0. The molecule has 0 N–H and O–H groups in total. The van der Waals surface area contributed by atoms with Gasteiger partial charge in [0.2, 0.25) is 0 Å². The molecule has 0 atom stereocenters. The van der Waals surface area contributed by atoms with Crippen LogP contribution in [-0.2, 0) is 0 Å². The number of anilines is 12. The van der Waals surface area contributed by atoms with Gasteiger partial charge in [0.15, 0.2) is 0 Å². The van der Waals surface area contributed by atoms with Crippen molar-refractivity contribution in [3.63, 3.8) is 0 Å². The van der Waals surface area contributed by atoms with Gasteiger partial charge in [0.25, 0.3) is 0 Å². The highest BCUT2D eigenvalue weighted by Gasteiger charge is 2.34. The quantitative estimate of drug-likeness (QED) is 0.162. The third kappa shape index (κ3) is 7.66. The Morgan fingerprint density at radius 1 is 0.256 bits per heavy atom. The fraction of sp³-hybridized carbons (Fsp3) is 0.0290. The molecule has 0 spiro atoms. The summed E-state index contributed by atoms with van der Waals surface area (Å²) in [6.45, 7) is 4.54. The van der Waals surface area contributed by atoms with E-state index < -0.39 is 0 Å². The lowest BCUT2D eigenvalue weighted by Crippen LogP contribution is -2.20. The lowest BCUT2D eigenvalue weighted by molar-refractivity contribution is 1.12. The van der Waals surface area contributed by atoms with E-state index in [9.17, 15) is 5.26 Å². The molecule has 0 radical (unpaired) electrons. The second-order valence-electron chi connectivity index (χ2n) is 19.7. The summed E-state index contributed by atoms with van der Waals surface area (Å²) in [7, 11) is 0. The summed E-state index contributed by atoms with van der Waals surface area (Å²) >= 11 is 7.26. The molecule has 5 nitrogen and oxygen atoms in total. The molecule has 0 bridgehead atoms. The minimum atomic E-state index is 0.583. The first-order valence-corrected chi connectivity index (χ1v) is 29.2. The zero-order valence-electron chi connectivity index (χ0n) is 42.4. The predicted molar refractivity (Wildman–Crippen MR) is 327 cm³/mol. The van der Waals surface area contributed by atoms with Crippen LogP contribution in [0.5, 0.6) is 0 Å². The van der Waals surface area contributed by atoms with Crippen LogP contribution in [0.15, 0.2) is 276 Å². The number of fused-ring (bicyclic) bond motifs is 8. The molecule has 11 aromatic rings. The number of benzene rings is 11. The summed E-state index contributed by atoms with van der Waals surface area (Å²) in [5.41, 5.74) is 20.1. The van der Waals surface area contributed by atoms with Crippen molar-refractivity contribution in [1.29, 1.82) is 5.26 Å². The first kappa shape index (κ1) is 46.8. The topological polar surface area (TPSA) is 36.8 Å². The van der Waals surface area contributed by atoms with Crippen LogP contribution < -0.4 is 19.6 Å². The van der Waals surface area contributed by atoms with Gasteiger partial charge in [-0.15, -0.1) is 0 Å². The third-order valence-corrected chi connectivity index (χ3v) is 19.6. The van der Waals surface area contributed by atoms with Crippen molar-refractivity contribution in [2.45, 2.75) is 53.0 Å². The minimum Gasteiger partial charge on any atom is -0.308 e. The second kappa shape index (κ2) is 18.9. The molecular weight excluding hydrogens is 1030 g/mol. The highest BCUT2D eigenvalue weighted by atomic mass is 32.2. The molecular formula is C69H45N5S4. The largest absolute Gasteiger partial charge is 0.308 e. The number of hydrogen-bond acceptors (Lipinski definition) is 9. The monoisotopic (exact) mass is 1070 g/mol. The standard InChI is InChI=1S/C69H45N5S4/c1-43-58(71-50-19-3-11-27-62(50)75-63-28-12-4-20-51(63)71)38-48(39-59(43)72-52-21-5-13-29-64(52)76-65-30-14-6-22-53(65)72)46-35-45(42-70)36-47(37-46)49-40-60(73-54-23-7-15-31-66(54)77-67-32-16-8-24-55(67)73)44(2)61(41-49)74-56-25-9-17-33-68(56)78-69-34-18-10-26-57(69)74/h3-41H,1-2H3. The Labute approximate surface area is 471 Å². The highest BCUT2D eigenvalue weighted by molar-refractivity contribution is 8.00. The molecule has 78 heavy (non-hydrogen) atoms. The molecule has 0 aliphatic carbocycles.